The molecule has 0 aliphatic carbocycles. The zero-order valence-electron chi connectivity index (χ0n) is 11.8. The standard InChI is InChI=1S/C13H13Cl2N5O2/c1-17-12-8(15)5-18-13(20-12)19-9-4-10(22-2)6(11(16)21)3-7(9)14/h3-5H,1-2H3,(H2,16,21)(H2,17,18,19,20). The van der Waals surface area contributed by atoms with E-state index in [1.165, 1.54) is 19.4 Å². The molecule has 0 bridgehead atoms. The highest BCUT2D eigenvalue weighted by molar-refractivity contribution is 6.34. The first-order valence-electron chi connectivity index (χ1n) is 6.11. The largest absolute Gasteiger partial charge is 0.496 e. The van der Waals surface area contributed by atoms with Gasteiger partial charge in [0.15, 0.2) is 0 Å². The molecule has 0 radical (unpaired) electrons. The molecule has 9 heteroatoms. The van der Waals surface area contributed by atoms with Gasteiger partial charge >= 0.3 is 0 Å². The van der Waals surface area contributed by atoms with E-state index in [1.807, 2.05) is 0 Å². The lowest BCUT2D eigenvalue weighted by atomic mass is 10.1. The van der Waals surface area contributed by atoms with Gasteiger partial charge in [0.1, 0.15) is 16.6 Å². The zero-order chi connectivity index (χ0) is 16.3. The third-order valence-corrected chi connectivity index (χ3v) is 3.37. The van der Waals surface area contributed by atoms with Crippen molar-refractivity contribution in [2.24, 2.45) is 5.73 Å². The van der Waals surface area contributed by atoms with Crippen molar-refractivity contribution in [2.75, 3.05) is 24.8 Å². The summed E-state index contributed by atoms with van der Waals surface area (Å²) >= 11 is 12.1. The van der Waals surface area contributed by atoms with Gasteiger partial charge in [0.25, 0.3) is 5.91 Å². The Balaban J connectivity index is 2.39. The minimum Gasteiger partial charge on any atom is -0.496 e. The number of hydrogen-bond acceptors (Lipinski definition) is 6. The first-order chi connectivity index (χ1) is 10.5. The van der Waals surface area contributed by atoms with Gasteiger partial charge in [-0.25, -0.2) is 4.98 Å². The number of aromatic nitrogens is 2. The number of benzene rings is 1. The Morgan fingerprint density at radius 1 is 1.32 bits per heavy atom. The number of ether oxygens (including phenoxy) is 1. The molecule has 1 aromatic carbocycles. The summed E-state index contributed by atoms with van der Waals surface area (Å²) in [5.41, 5.74) is 5.92. The monoisotopic (exact) mass is 341 g/mol. The van der Waals surface area contributed by atoms with Crippen molar-refractivity contribution in [3.8, 4) is 5.75 Å². The highest BCUT2D eigenvalue weighted by atomic mass is 35.5. The summed E-state index contributed by atoms with van der Waals surface area (Å²) in [5.74, 6) is 0.410. The lowest BCUT2D eigenvalue weighted by molar-refractivity contribution is 0.0997. The van der Waals surface area contributed by atoms with Crippen LogP contribution in [0.5, 0.6) is 5.75 Å². The first kappa shape index (κ1) is 16.1. The van der Waals surface area contributed by atoms with Crippen LogP contribution < -0.4 is 21.1 Å². The summed E-state index contributed by atoms with van der Waals surface area (Å²) in [6, 6.07) is 2.96. The SMILES string of the molecule is CNc1nc(Nc2cc(OC)c(C(N)=O)cc2Cl)ncc1Cl. The molecule has 7 nitrogen and oxygen atoms in total. The van der Waals surface area contributed by atoms with Crippen LogP contribution in [0.3, 0.4) is 0 Å². The topological polar surface area (TPSA) is 102 Å². The Hall–Kier alpha value is -2.25. The smallest absolute Gasteiger partial charge is 0.252 e. The third-order valence-electron chi connectivity index (χ3n) is 2.78. The molecule has 116 valence electrons. The second-order valence-electron chi connectivity index (χ2n) is 4.16. The zero-order valence-corrected chi connectivity index (χ0v) is 13.3. The van der Waals surface area contributed by atoms with Crippen LogP contribution >= 0.6 is 23.2 Å². The van der Waals surface area contributed by atoms with Crippen molar-refractivity contribution in [3.05, 3.63) is 33.9 Å². The molecule has 1 amide bonds. The maximum Gasteiger partial charge on any atom is 0.252 e. The Morgan fingerprint density at radius 3 is 2.64 bits per heavy atom. The minimum absolute atomic E-state index is 0.186. The molecule has 2 rings (SSSR count). The number of carbonyl (C=O) groups is 1. The van der Waals surface area contributed by atoms with Gasteiger partial charge in [-0.3, -0.25) is 4.79 Å². The fourth-order valence-electron chi connectivity index (χ4n) is 1.73. The molecule has 2 aromatic rings. The lowest BCUT2D eigenvalue weighted by Gasteiger charge is -2.12. The number of methoxy groups -OCH3 is 1. The molecule has 0 fully saturated rings. The number of amides is 1. The quantitative estimate of drug-likeness (QED) is 0.772. The average molecular weight is 342 g/mol. The van der Waals surface area contributed by atoms with Gasteiger partial charge in [-0.15, -0.1) is 0 Å². The summed E-state index contributed by atoms with van der Waals surface area (Å²) in [4.78, 5) is 19.6. The Kier molecular flexibility index (Phi) is 4.89. The van der Waals surface area contributed by atoms with Crippen molar-refractivity contribution >= 4 is 46.6 Å². The molecule has 22 heavy (non-hydrogen) atoms. The van der Waals surface area contributed by atoms with Crippen molar-refractivity contribution in [3.63, 3.8) is 0 Å². The van der Waals surface area contributed by atoms with Gasteiger partial charge in [0.05, 0.1) is 29.6 Å². The summed E-state index contributed by atoms with van der Waals surface area (Å²) in [6.07, 6.45) is 1.45. The molecular weight excluding hydrogens is 329 g/mol. The predicted molar refractivity (Wildman–Crippen MR) is 86.4 cm³/mol. The van der Waals surface area contributed by atoms with Crippen LogP contribution in [0.1, 0.15) is 10.4 Å². The van der Waals surface area contributed by atoms with Crippen molar-refractivity contribution in [1.82, 2.24) is 9.97 Å². The van der Waals surface area contributed by atoms with E-state index in [0.717, 1.165) is 0 Å². The number of carbonyl (C=O) groups excluding carboxylic acids is 1. The van der Waals surface area contributed by atoms with Gasteiger partial charge in [-0.2, -0.15) is 4.98 Å². The van der Waals surface area contributed by atoms with Crippen molar-refractivity contribution in [2.45, 2.75) is 0 Å². The van der Waals surface area contributed by atoms with Crippen molar-refractivity contribution in [1.29, 1.82) is 0 Å². The Labute approximate surface area is 136 Å². The highest BCUT2D eigenvalue weighted by Crippen LogP contribution is 2.32. The predicted octanol–water partition coefficient (Wildman–Crippen LogP) is 2.68. The van der Waals surface area contributed by atoms with Crippen LogP contribution in [0.15, 0.2) is 18.3 Å². The van der Waals surface area contributed by atoms with Crippen LogP contribution in [0.4, 0.5) is 17.5 Å². The van der Waals surface area contributed by atoms with Gasteiger partial charge < -0.3 is 21.1 Å². The number of nitrogens with two attached hydrogens (primary N) is 1. The number of nitrogens with zero attached hydrogens (tertiary/aromatic N) is 2. The first-order valence-corrected chi connectivity index (χ1v) is 6.86. The number of hydrogen-bond donors (Lipinski definition) is 3. The fraction of sp³-hybridized carbons (Fsp3) is 0.154. The van der Waals surface area contributed by atoms with E-state index >= 15 is 0 Å². The molecule has 1 heterocycles. The normalized spacial score (nSPS) is 10.2. The maximum absolute atomic E-state index is 11.3. The highest BCUT2D eigenvalue weighted by Gasteiger charge is 2.14. The molecule has 1 aromatic heterocycles. The van der Waals surface area contributed by atoms with E-state index < -0.39 is 5.91 Å². The van der Waals surface area contributed by atoms with Gasteiger partial charge in [0, 0.05) is 13.1 Å². The molecule has 0 saturated carbocycles. The summed E-state index contributed by atoms with van der Waals surface area (Å²) in [7, 11) is 3.12. The molecule has 4 N–H and O–H groups in total. The minimum atomic E-state index is -0.634. The second-order valence-corrected chi connectivity index (χ2v) is 4.98. The van der Waals surface area contributed by atoms with Gasteiger partial charge in [-0.05, 0) is 6.07 Å². The molecule has 0 unspecified atom stereocenters. The maximum atomic E-state index is 11.3. The van der Waals surface area contributed by atoms with Crippen LogP contribution in [-0.4, -0.2) is 30.0 Å². The summed E-state index contributed by atoms with van der Waals surface area (Å²) in [5, 5.41) is 6.44. The van der Waals surface area contributed by atoms with Crippen LogP contribution in [0.25, 0.3) is 0 Å². The van der Waals surface area contributed by atoms with Crippen molar-refractivity contribution < 1.29 is 9.53 Å². The number of nitrogens with one attached hydrogen (secondary N) is 2. The van der Waals surface area contributed by atoms with Crippen LogP contribution in [-0.2, 0) is 0 Å². The molecule has 0 aliphatic heterocycles. The summed E-state index contributed by atoms with van der Waals surface area (Å²) in [6.45, 7) is 0. The number of anilines is 3. The van der Waals surface area contributed by atoms with E-state index in [1.54, 1.807) is 13.1 Å². The second kappa shape index (κ2) is 6.67. The average Bonchev–Trinajstić information content (AvgIpc) is 2.50. The van der Waals surface area contributed by atoms with E-state index in [4.69, 9.17) is 33.7 Å². The van der Waals surface area contributed by atoms with E-state index in [-0.39, 0.29) is 16.5 Å². The van der Waals surface area contributed by atoms with Crippen LogP contribution in [0, 0.1) is 0 Å². The van der Waals surface area contributed by atoms with E-state index in [2.05, 4.69) is 20.6 Å². The number of rotatable bonds is 5. The third kappa shape index (κ3) is 3.32. The van der Waals surface area contributed by atoms with Crippen LogP contribution in [0.2, 0.25) is 10.0 Å². The van der Waals surface area contributed by atoms with Gasteiger partial charge in [0.2, 0.25) is 5.95 Å². The molecule has 0 saturated heterocycles. The molecule has 0 aliphatic rings. The van der Waals surface area contributed by atoms with Gasteiger partial charge in [-0.1, -0.05) is 23.2 Å². The van der Waals surface area contributed by atoms with E-state index in [9.17, 15) is 4.79 Å². The Bertz CT molecular complexity index is 724. The molecule has 0 atom stereocenters. The fourth-order valence-corrected chi connectivity index (χ4v) is 2.13. The Morgan fingerprint density at radius 2 is 2.05 bits per heavy atom. The summed E-state index contributed by atoms with van der Waals surface area (Å²) < 4.78 is 5.13. The van der Waals surface area contributed by atoms with E-state index in [0.29, 0.717) is 22.3 Å². The number of primary amides is 1. The molecular formula is C13H13Cl2N5O2. The number of halogens is 2. The molecule has 0 spiro atoms. The lowest BCUT2D eigenvalue weighted by Crippen LogP contribution is -2.13.